The van der Waals surface area contributed by atoms with Crippen LogP contribution in [-0.2, 0) is 16.1 Å². The van der Waals surface area contributed by atoms with Crippen molar-refractivity contribution in [3.8, 4) is 10.6 Å². The lowest BCUT2D eigenvalue weighted by Gasteiger charge is -2.03. The molecular formula is C15H16N2O3S2. The number of carboxylic acid groups (broad SMARTS) is 1. The zero-order valence-corrected chi connectivity index (χ0v) is 13.7. The highest BCUT2D eigenvalue weighted by Gasteiger charge is 2.10. The molecule has 0 radical (unpaired) electrons. The second-order valence-corrected chi connectivity index (χ2v) is 6.63. The van der Waals surface area contributed by atoms with Crippen LogP contribution in [0.3, 0.4) is 0 Å². The number of hydrogen-bond acceptors (Lipinski definition) is 5. The van der Waals surface area contributed by atoms with Crippen LogP contribution >= 0.6 is 23.1 Å². The lowest BCUT2D eigenvalue weighted by atomic mass is 10.2. The van der Waals surface area contributed by atoms with Crippen LogP contribution in [0.1, 0.15) is 10.6 Å². The van der Waals surface area contributed by atoms with Crippen LogP contribution in [0.15, 0.2) is 30.3 Å². The Labute approximate surface area is 136 Å². The number of thiazole rings is 1. The first-order valence-electron chi connectivity index (χ1n) is 6.64. The molecule has 1 aromatic heterocycles. The van der Waals surface area contributed by atoms with Gasteiger partial charge < -0.3 is 10.4 Å². The Kier molecular flexibility index (Phi) is 5.97. The van der Waals surface area contributed by atoms with E-state index in [2.05, 4.69) is 10.3 Å². The third kappa shape index (κ3) is 4.85. The molecule has 116 valence electrons. The third-order valence-electron chi connectivity index (χ3n) is 2.82. The van der Waals surface area contributed by atoms with Crippen molar-refractivity contribution in [2.75, 3.05) is 11.5 Å². The predicted octanol–water partition coefficient (Wildman–Crippen LogP) is 2.55. The molecule has 0 aliphatic heterocycles. The van der Waals surface area contributed by atoms with Crippen LogP contribution in [0.4, 0.5) is 0 Å². The molecule has 0 bridgehead atoms. The molecule has 2 rings (SSSR count). The Balaban J connectivity index is 1.90. The fourth-order valence-electron chi connectivity index (χ4n) is 1.76. The summed E-state index contributed by atoms with van der Waals surface area (Å²) in [5, 5.41) is 12.3. The van der Waals surface area contributed by atoms with Crippen molar-refractivity contribution in [3.63, 3.8) is 0 Å². The van der Waals surface area contributed by atoms with Crippen LogP contribution in [0.5, 0.6) is 0 Å². The minimum Gasteiger partial charge on any atom is -0.481 e. The minimum absolute atomic E-state index is 0.0643. The van der Waals surface area contributed by atoms with Gasteiger partial charge in [0, 0.05) is 10.4 Å². The fourth-order valence-corrected chi connectivity index (χ4v) is 3.33. The average molecular weight is 336 g/mol. The van der Waals surface area contributed by atoms with Gasteiger partial charge in [-0.05, 0) is 6.92 Å². The lowest BCUT2D eigenvalue weighted by Crippen LogP contribution is -2.25. The highest BCUT2D eigenvalue weighted by atomic mass is 32.2. The Morgan fingerprint density at radius 1 is 1.27 bits per heavy atom. The number of rotatable bonds is 7. The summed E-state index contributed by atoms with van der Waals surface area (Å²) >= 11 is 2.64. The van der Waals surface area contributed by atoms with E-state index in [9.17, 15) is 9.59 Å². The molecule has 0 saturated heterocycles. The summed E-state index contributed by atoms with van der Waals surface area (Å²) in [6.45, 7) is 2.34. The third-order valence-corrected chi connectivity index (χ3v) is 4.94. The van der Waals surface area contributed by atoms with Crippen molar-refractivity contribution in [2.24, 2.45) is 0 Å². The van der Waals surface area contributed by atoms with E-state index in [1.54, 1.807) is 11.3 Å². The highest BCUT2D eigenvalue weighted by molar-refractivity contribution is 8.00. The van der Waals surface area contributed by atoms with Gasteiger partial charge in [-0.2, -0.15) is 0 Å². The van der Waals surface area contributed by atoms with E-state index < -0.39 is 5.97 Å². The van der Waals surface area contributed by atoms with Gasteiger partial charge in [-0.3, -0.25) is 9.59 Å². The zero-order valence-electron chi connectivity index (χ0n) is 12.0. The highest BCUT2D eigenvalue weighted by Crippen LogP contribution is 2.27. The van der Waals surface area contributed by atoms with Crippen LogP contribution < -0.4 is 5.32 Å². The number of thioether (sulfide) groups is 1. The number of carbonyl (C=O) groups is 2. The van der Waals surface area contributed by atoms with Crippen molar-refractivity contribution in [3.05, 3.63) is 40.9 Å². The maximum Gasteiger partial charge on any atom is 0.313 e. The summed E-state index contributed by atoms with van der Waals surface area (Å²) in [4.78, 5) is 27.6. The molecule has 0 spiro atoms. The van der Waals surface area contributed by atoms with Gasteiger partial charge in [0.1, 0.15) is 5.01 Å². The first-order valence-corrected chi connectivity index (χ1v) is 8.61. The maximum atomic E-state index is 11.6. The SMILES string of the molecule is Cc1nc(-c2ccccc2)sc1CNC(=O)CSCC(=O)O. The van der Waals surface area contributed by atoms with E-state index in [1.165, 1.54) is 0 Å². The molecule has 1 aromatic carbocycles. The molecule has 2 aromatic rings. The molecular weight excluding hydrogens is 320 g/mol. The van der Waals surface area contributed by atoms with Gasteiger partial charge in [0.2, 0.25) is 5.91 Å². The molecule has 2 N–H and O–H groups in total. The summed E-state index contributed by atoms with van der Waals surface area (Å²) in [5.41, 5.74) is 1.97. The average Bonchev–Trinajstić information content (AvgIpc) is 2.87. The summed E-state index contributed by atoms with van der Waals surface area (Å²) in [6.07, 6.45) is 0. The monoisotopic (exact) mass is 336 g/mol. The molecule has 0 unspecified atom stereocenters. The molecule has 0 aliphatic carbocycles. The lowest BCUT2D eigenvalue weighted by molar-refractivity contribution is -0.133. The van der Waals surface area contributed by atoms with E-state index in [4.69, 9.17) is 5.11 Å². The Morgan fingerprint density at radius 3 is 2.68 bits per heavy atom. The van der Waals surface area contributed by atoms with Gasteiger partial charge in [-0.25, -0.2) is 4.98 Å². The van der Waals surface area contributed by atoms with Crippen LogP contribution in [0, 0.1) is 6.92 Å². The Hall–Kier alpha value is -1.86. The van der Waals surface area contributed by atoms with Crippen LogP contribution in [-0.4, -0.2) is 33.5 Å². The number of hydrogen-bond donors (Lipinski definition) is 2. The minimum atomic E-state index is -0.913. The zero-order chi connectivity index (χ0) is 15.9. The van der Waals surface area contributed by atoms with Gasteiger partial charge in [0.15, 0.2) is 0 Å². The van der Waals surface area contributed by atoms with Gasteiger partial charge >= 0.3 is 5.97 Å². The van der Waals surface area contributed by atoms with Crippen LogP contribution in [0.25, 0.3) is 10.6 Å². The molecule has 22 heavy (non-hydrogen) atoms. The summed E-state index contributed by atoms with van der Waals surface area (Å²) in [6, 6.07) is 9.90. The maximum absolute atomic E-state index is 11.6. The topological polar surface area (TPSA) is 79.3 Å². The van der Waals surface area contributed by atoms with Crippen molar-refractivity contribution in [2.45, 2.75) is 13.5 Å². The quantitative estimate of drug-likeness (QED) is 0.812. The van der Waals surface area contributed by atoms with Crippen molar-refractivity contribution in [1.29, 1.82) is 0 Å². The number of aliphatic carboxylic acids is 1. The standard InChI is InChI=1S/C15H16N2O3S2/c1-10-12(7-16-13(18)8-21-9-14(19)20)22-15(17-10)11-5-3-2-4-6-11/h2-6H,7-9H2,1H3,(H,16,18)(H,19,20). The first-order chi connectivity index (χ1) is 10.6. The number of carbonyl (C=O) groups excluding carboxylic acids is 1. The molecule has 0 fully saturated rings. The normalized spacial score (nSPS) is 10.4. The molecule has 0 saturated carbocycles. The second-order valence-electron chi connectivity index (χ2n) is 4.56. The second kappa shape index (κ2) is 7.95. The molecule has 1 amide bonds. The number of aromatic nitrogens is 1. The Morgan fingerprint density at radius 2 is 2.00 bits per heavy atom. The number of nitrogens with one attached hydrogen (secondary N) is 1. The predicted molar refractivity (Wildman–Crippen MR) is 89.1 cm³/mol. The van der Waals surface area contributed by atoms with Crippen molar-refractivity contribution in [1.82, 2.24) is 10.3 Å². The van der Waals surface area contributed by atoms with Crippen molar-refractivity contribution < 1.29 is 14.7 Å². The molecule has 7 heteroatoms. The Bertz CT molecular complexity index is 656. The van der Waals surface area contributed by atoms with E-state index in [0.717, 1.165) is 32.9 Å². The van der Waals surface area contributed by atoms with E-state index in [1.807, 2.05) is 37.3 Å². The molecule has 1 heterocycles. The van der Waals surface area contributed by atoms with Gasteiger partial charge in [-0.1, -0.05) is 30.3 Å². The van der Waals surface area contributed by atoms with E-state index in [0.29, 0.717) is 6.54 Å². The summed E-state index contributed by atoms with van der Waals surface area (Å²) < 4.78 is 0. The first kappa shape index (κ1) is 16.5. The smallest absolute Gasteiger partial charge is 0.313 e. The molecule has 0 aliphatic rings. The number of carboxylic acids is 1. The molecule has 5 nitrogen and oxygen atoms in total. The summed E-state index contributed by atoms with van der Waals surface area (Å²) in [7, 11) is 0. The van der Waals surface area contributed by atoms with E-state index in [-0.39, 0.29) is 17.4 Å². The fraction of sp³-hybridized carbons (Fsp3) is 0.267. The van der Waals surface area contributed by atoms with Gasteiger partial charge in [0.25, 0.3) is 0 Å². The number of aryl methyl sites for hydroxylation is 1. The number of nitrogens with zero attached hydrogens (tertiary/aromatic N) is 1. The number of amides is 1. The van der Waals surface area contributed by atoms with Gasteiger partial charge in [-0.15, -0.1) is 23.1 Å². The van der Waals surface area contributed by atoms with Gasteiger partial charge in [0.05, 0.1) is 23.7 Å². The molecule has 0 atom stereocenters. The largest absolute Gasteiger partial charge is 0.481 e. The van der Waals surface area contributed by atoms with Crippen LogP contribution in [0.2, 0.25) is 0 Å². The van der Waals surface area contributed by atoms with Crippen molar-refractivity contribution >= 4 is 35.0 Å². The van der Waals surface area contributed by atoms with E-state index >= 15 is 0 Å². The number of benzene rings is 1. The summed E-state index contributed by atoms with van der Waals surface area (Å²) in [5.74, 6) is -0.996.